The molecule has 1 aromatic heterocycles. The van der Waals surface area contributed by atoms with Gasteiger partial charge in [0, 0.05) is 0 Å². The Hall–Kier alpha value is -2.37. The Morgan fingerprint density at radius 3 is 2.68 bits per heavy atom. The Labute approximate surface area is 111 Å². The number of hydrogen-bond donors (Lipinski definition) is 2. The van der Waals surface area contributed by atoms with E-state index in [1.165, 1.54) is 11.9 Å². The lowest BCUT2D eigenvalue weighted by Crippen LogP contribution is -2.20. The lowest BCUT2D eigenvalue weighted by molar-refractivity contribution is -0.118. The quantitative estimate of drug-likeness (QED) is 0.861. The molecule has 0 aliphatic rings. The Balaban J connectivity index is 1.83. The van der Waals surface area contributed by atoms with E-state index in [0.717, 1.165) is 0 Å². The molecule has 100 valence electrons. The molecule has 0 unspecified atom stereocenters. The monoisotopic (exact) mass is 260 g/mol. The van der Waals surface area contributed by atoms with E-state index in [9.17, 15) is 4.79 Å². The SMILES string of the molecule is CC(C)c1ccc(OCC(=O)Nc2ncn[nH]2)cc1. The summed E-state index contributed by atoms with van der Waals surface area (Å²) < 4.78 is 5.38. The average molecular weight is 260 g/mol. The van der Waals surface area contributed by atoms with Crippen molar-refractivity contribution in [3.05, 3.63) is 36.2 Å². The van der Waals surface area contributed by atoms with E-state index in [0.29, 0.717) is 17.6 Å². The maximum Gasteiger partial charge on any atom is 0.264 e. The second-order valence-corrected chi connectivity index (χ2v) is 4.39. The van der Waals surface area contributed by atoms with Gasteiger partial charge in [-0.3, -0.25) is 10.1 Å². The van der Waals surface area contributed by atoms with Gasteiger partial charge >= 0.3 is 0 Å². The Kier molecular flexibility index (Phi) is 4.12. The first-order valence-electron chi connectivity index (χ1n) is 6.03. The van der Waals surface area contributed by atoms with E-state index in [-0.39, 0.29) is 12.5 Å². The Morgan fingerprint density at radius 2 is 2.11 bits per heavy atom. The first-order chi connectivity index (χ1) is 9.15. The minimum atomic E-state index is -0.287. The van der Waals surface area contributed by atoms with E-state index in [1.807, 2.05) is 24.3 Å². The van der Waals surface area contributed by atoms with Crippen molar-refractivity contribution in [2.24, 2.45) is 0 Å². The summed E-state index contributed by atoms with van der Waals surface area (Å²) in [6.07, 6.45) is 1.32. The van der Waals surface area contributed by atoms with Crippen LogP contribution in [0, 0.1) is 0 Å². The molecule has 6 nitrogen and oxygen atoms in total. The molecule has 1 amide bonds. The summed E-state index contributed by atoms with van der Waals surface area (Å²) in [6.45, 7) is 4.18. The molecule has 0 bridgehead atoms. The number of rotatable bonds is 5. The molecule has 1 heterocycles. The van der Waals surface area contributed by atoms with Crippen LogP contribution in [-0.2, 0) is 4.79 Å². The van der Waals surface area contributed by atoms with Crippen LogP contribution in [0.2, 0.25) is 0 Å². The molecule has 2 aromatic rings. The molecule has 0 fully saturated rings. The van der Waals surface area contributed by atoms with Crippen LogP contribution >= 0.6 is 0 Å². The maximum atomic E-state index is 11.5. The Morgan fingerprint density at radius 1 is 1.37 bits per heavy atom. The van der Waals surface area contributed by atoms with Gasteiger partial charge in [0.15, 0.2) is 6.61 Å². The molecule has 0 atom stereocenters. The van der Waals surface area contributed by atoms with Gasteiger partial charge in [0.1, 0.15) is 12.1 Å². The van der Waals surface area contributed by atoms with Crippen molar-refractivity contribution in [1.82, 2.24) is 15.2 Å². The van der Waals surface area contributed by atoms with E-state index in [2.05, 4.69) is 34.3 Å². The van der Waals surface area contributed by atoms with Gasteiger partial charge in [0.05, 0.1) is 0 Å². The molecule has 19 heavy (non-hydrogen) atoms. The number of amides is 1. The third-order valence-electron chi connectivity index (χ3n) is 2.59. The minimum Gasteiger partial charge on any atom is -0.484 e. The van der Waals surface area contributed by atoms with Gasteiger partial charge in [-0.2, -0.15) is 10.1 Å². The van der Waals surface area contributed by atoms with E-state index < -0.39 is 0 Å². The van der Waals surface area contributed by atoms with Crippen molar-refractivity contribution in [2.45, 2.75) is 19.8 Å². The molecular weight excluding hydrogens is 244 g/mol. The summed E-state index contributed by atoms with van der Waals surface area (Å²) in [7, 11) is 0. The van der Waals surface area contributed by atoms with Gasteiger partial charge in [0.2, 0.25) is 5.95 Å². The third kappa shape index (κ3) is 3.80. The normalized spacial score (nSPS) is 10.5. The number of anilines is 1. The van der Waals surface area contributed by atoms with E-state index in [4.69, 9.17) is 4.74 Å². The number of H-pyrrole nitrogens is 1. The fourth-order valence-electron chi connectivity index (χ4n) is 1.53. The highest BCUT2D eigenvalue weighted by Crippen LogP contribution is 2.18. The number of ether oxygens (including phenoxy) is 1. The summed E-state index contributed by atoms with van der Waals surface area (Å²) in [5, 5.41) is 8.69. The highest BCUT2D eigenvalue weighted by Gasteiger charge is 2.05. The van der Waals surface area contributed by atoms with E-state index in [1.54, 1.807) is 0 Å². The molecule has 0 saturated carbocycles. The van der Waals surface area contributed by atoms with Gasteiger partial charge in [-0.1, -0.05) is 26.0 Å². The minimum absolute atomic E-state index is 0.0677. The molecule has 2 rings (SSSR count). The number of aromatic nitrogens is 3. The second kappa shape index (κ2) is 5.99. The molecule has 0 saturated heterocycles. The summed E-state index contributed by atoms with van der Waals surface area (Å²) in [6, 6.07) is 7.71. The lowest BCUT2D eigenvalue weighted by Gasteiger charge is -2.08. The number of hydrogen-bond acceptors (Lipinski definition) is 4. The van der Waals surface area contributed by atoms with Gasteiger partial charge in [-0.25, -0.2) is 5.10 Å². The van der Waals surface area contributed by atoms with Crippen LogP contribution in [0.5, 0.6) is 5.75 Å². The largest absolute Gasteiger partial charge is 0.484 e. The van der Waals surface area contributed by atoms with Gasteiger partial charge in [-0.05, 0) is 23.6 Å². The summed E-state index contributed by atoms with van der Waals surface area (Å²) in [5.41, 5.74) is 1.23. The van der Waals surface area contributed by atoms with Crippen LogP contribution in [-0.4, -0.2) is 27.7 Å². The molecule has 0 aliphatic carbocycles. The van der Waals surface area contributed by atoms with Gasteiger partial charge in [-0.15, -0.1) is 0 Å². The Bertz CT molecular complexity index is 520. The number of benzene rings is 1. The van der Waals surface area contributed by atoms with Crippen molar-refractivity contribution in [3.63, 3.8) is 0 Å². The smallest absolute Gasteiger partial charge is 0.264 e. The van der Waals surface area contributed by atoms with Crippen LogP contribution in [0.4, 0.5) is 5.95 Å². The predicted octanol–water partition coefficient (Wildman–Crippen LogP) is 1.95. The topological polar surface area (TPSA) is 79.9 Å². The average Bonchev–Trinajstić information content (AvgIpc) is 2.89. The van der Waals surface area contributed by atoms with Gasteiger partial charge < -0.3 is 4.74 Å². The summed E-state index contributed by atoms with van der Waals surface area (Å²) >= 11 is 0. The van der Waals surface area contributed by atoms with E-state index >= 15 is 0 Å². The van der Waals surface area contributed by atoms with Crippen molar-refractivity contribution in [2.75, 3.05) is 11.9 Å². The van der Waals surface area contributed by atoms with Crippen molar-refractivity contribution < 1.29 is 9.53 Å². The zero-order valence-electron chi connectivity index (χ0n) is 10.9. The fraction of sp³-hybridized carbons (Fsp3) is 0.308. The standard InChI is InChI=1S/C13H16N4O2/c1-9(2)10-3-5-11(6-4-10)19-7-12(18)16-13-14-8-15-17-13/h3-6,8-9H,7H2,1-2H3,(H2,14,15,16,17,18). The molecule has 0 aliphatic heterocycles. The van der Waals surface area contributed by atoms with Crippen molar-refractivity contribution >= 4 is 11.9 Å². The maximum absolute atomic E-state index is 11.5. The fourth-order valence-corrected chi connectivity index (χ4v) is 1.53. The van der Waals surface area contributed by atoms with Crippen molar-refractivity contribution in [1.29, 1.82) is 0 Å². The first-order valence-corrected chi connectivity index (χ1v) is 6.03. The van der Waals surface area contributed by atoms with Gasteiger partial charge in [0.25, 0.3) is 5.91 Å². The molecule has 6 heteroatoms. The second-order valence-electron chi connectivity index (χ2n) is 4.39. The highest BCUT2D eigenvalue weighted by atomic mass is 16.5. The number of aromatic amines is 1. The zero-order chi connectivity index (χ0) is 13.7. The number of carbonyl (C=O) groups excluding carboxylic acids is 1. The molecular formula is C13H16N4O2. The third-order valence-corrected chi connectivity index (χ3v) is 2.59. The molecule has 0 radical (unpaired) electrons. The number of carbonyl (C=O) groups is 1. The zero-order valence-corrected chi connectivity index (χ0v) is 10.9. The summed E-state index contributed by atoms with van der Waals surface area (Å²) in [5.74, 6) is 1.16. The van der Waals surface area contributed by atoms with Crippen LogP contribution in [0.25, 0.3) is 0 Å². The summed E-state index contributed by atoms with van der Waals surface area (Å²) in [4.78, 5) is 15.3. The predicted molar refractivity (Wildman–Crippen MR) is 71.0 cm³/mol. The molecule has 1 aromatic carbocycles. The van der Waals surface area contributed by atoms with Crippen LogP contribution in [0.15, 0.2) is 30.6 Å². The van der Waals surface area contributed by atoms with Crippen LogP contribution in [0.1, 0.15) is 25.3 Å². The number of nitrogens with one attached hydrogen (secondary N) is 2. The van der Waals surface area contributed by atoms with Crippen molar-refractivity contribution in [3.8, 4) is 5.75 Å². The first kappa shape index (κ1) is 13.1. The number of nitrogens with zero attached hydrogens (tertiary/aromatic N) is 2. The lowest BCUT2D eigenvalue weighted by atomic mass is 10.0. The molecule has 0 spiro atoms. The van der Waals surface area contributed by atoms with Crippen LogP contribution in [0.3, 0.4) is 0 Å². The highest BCUT2D eigenvalue weighted by molar-refractivity contribution is 5.90. The van der Waals surface area contributed by atoms with Crippen LogP contribution < -0.4 is 10.1 Å². The molecule has 2 N–H and O–H groups in total.